The Morgan fingerprint density at radius 1 is 1.60 bits per heavy atom. The van der Waals surface area contributed by atoms with E-state index in [2.05, 4.69) is 14.9 Å². The molecule has 6 nitrogen and oxygen atoms in total. The van der Waals surface area contributed by atoms with Gasteiger partial charge in [-0.15, -0.1) is 0 Å². The number of aliphatic carboxylic acids is 1. The van der Waals surface area contributed by atoms with Crippen LogP contribution in [0.1, 0.15) is 5.69 Å². The summed E-state index contributed by atoms with van der Waals surface area (Å²) in [4.78, 5) is 10.00. The highest BCUT2D eigenvalue weighted by molar-refractivity contribution is 5.70. The van der Waals surface area contributed by atoms with Crippen LogP contribution in [0, 0.1) is 0 Å². The second-order valence-corrected chi connectivity index (χ2v) is 1.61. The van der Waals surface area contributed by atoms with Gasteiger partial charge in [0, 0.05) is 0 Å². The van der Waals surface area contributed by atoms with Crippen molar-refractivity contribution >= 4 is 5.97 Å². The van der Waals surface area contributed by atoms with Crippen molar-refractivity contribution < 1.29 is 19.6 Å². The number of hydrogen-bond donors (Lipinski definition) is 2. The summed E-state index contributed by atoms with van der Waals surface area (Å²) in [5.74, 6) is -1.56. The predicted molar refractivity (Wildman–Crippen MR) is 27.3 cm³/mol. The van der Waals surface area contributed by atoms with E-state index in [9.17, 15) is 4.79 Å². The van der Waals surface area contributed by atoms with Crippen LogP contribution >= 0.6 is 0 Å². The number of nitrogens with zero attached hydrogens (tertiary/aromatic N) is 2. The summed E-state index contributed by atoms with van der Waals surface area (Å²) >= 11 is 0. The van der Waals surface area contributed by atoms with Crippen molar-refractivity contribution in [3.8, 4) is 5.88 Å². The molecule has 10 heavy (non-hydrogen) atoms. The van der Waals surface area contributed by atoms with Crippen LogP contribution in [0.2, 0.25) is 0 Å². The molecule has 1 heterocycles. The minimum absolute atomic E-state index is 0.0625. The quantitative estimate of drug-likeness (QED) is 0.575. The summed E-state index contributed by atoms with van der Waals surface area (Å²) < 4.78 is 4.03. The summed E-state index contributed by atoms with van der Waals surface area (Å²) in [6.07, 6.45) is -0.380. The lowest BCUT2D eigenvalue weighted by molar-refractivity contribution is -0.136. The van der Waals surface area contributed by atoms with E-state index in [1.54, 1.807) is 0 Å². The molecular weight excluding hydrogens is 140 g/mol. The Morgan fingerprint density at radius 3 is 2.70 bits per heavy atom. The molecule has 0 saturated heterocycles. The first kappa shape index (κ1) is 6.53. The first-order chi connectivity index (χ1) is 4.70. The molecule has 0 unspecified atom stereocenters. The molecule has 0 aliphatic carbocycles. The third kappa shape index (κ3) is 1.22. The van der Waals surface area contributed by atoms with Crippen molar-refractivity contribution in [1.82, 2.24) is 10.3 Å². The van der Waals surface area contributed by atoms with E-state index in [1.165, 1.54) is 0 Å². The zero-order valence-electron chi connectivity index (χ0n) is 4.81. The van der Waals surface area contributed by atoms with Gasteiger partial charge < -0.3 is 10.2 Å². The fourth-order valence-corrected chi connectivity index (χ4v) is 0.456. The number of aromatic nitrogens is 2. The molecule has 0 aliphatic heterocycles. The standard InChI is InChI=1S/C4H4N2O4/c7-3(8)1-2-4(9)6-10-5-2/h1H2,(H,6,9)(H,7,8). The molecule has 1 aromatic heterocycles. The number of rotatable bonds is 2. The minimum atomic E-state index is -1.09. The highest BCUT2D eigenvalue weighted by atomic mass is 16.6. The Bertz CT molecular complexity index is 243. The molecule has 0 amide bonds. The van der Waals surface area contributed by atoms with Crippen LogP contribution in [0.5, 0.6) is 5.88 Å². The van der Waals surface area contributed by atoms with Gasteiger partial charge in [0.05, 0.1) is 6.42 Å². The van der Waals surface area contributed by atoms with Crippen LogP contribution in [0.4, 0.5) is 0 Å². The molecule has 0 spiro atoms. The van der Waals surface area contributed by atoms with E-state index < -0.39 is 11.8 Å². The molecule has 0 bridgehead atoms. The van der Waals surface area contributed by atoms with Gasteiger partial charge in [0.15, 0.2) is 5.69 Å². The van der Waals surface area contributed by atoms with Gasteiger partial charge in [-0.05, 0) is 5.16 Å². The fourth-order valence-electron chi connectivity index (χ4n) is 0.456. The van der Waals surface area contributed by atoms with Crippen molar-refractivity contribution in [2.45, 2.75) is 6.42 Å². The van der Waals surface area contributed by atoms with Crippen molar-refractivity contribution in [3.63, 3.8) is 0 Å². The number of carboxylic acid groups (broad SMARTS) is 1. The summed E-state index contributed by atoms with van der Waals surface area (Å²) in [6, 6.07) is 0. The summed E-state index contributed by atoms with van der Waals surface area (Å²) in [6.45, 7) is 0. The highest BCUT2D eigenvalue weighted by Crippen LogP contribution is 2.09. The Labute approximate surface area is 55.0 Å². The number of hydrogen-bond acceptors (Lipinski definition) is 5. The average molecular weight is 144 g/mol. The molecule has 0 radical (unpaired) electrons. The van der Waals surface area contributed by atoms with E-state index in [0.29, 0.717) is 0 Å². The topological polar surface area (TPSA) is 96.5 Å². The fraction of sp³-hybridized carbons (Fsp3) is 0.250. The van der Waals surface area contributed by atoms with Crippen molar-refractivity contribution in [3.05, 3.63) is 5.69 Å². The van der Waals surface area contributed by atoms with E-state index in [-0.39, 0.29) is 12.1 Å². The van der Waals surface area contributed by atoms with Crippen LogP contribution in [0.3, 0.4) is 0 Å². The predicted octanol–water partition coefficient (Wildman–Crippen LogP) is -0.598. The SMILES string of the molecule is O=C(O)Cc1nonc1O. The van der Waals surface area contributed by atoms with Crippen LogP contribution < -0.4 is 0 Å². The Hall–Kier alpha value is -1.59. The Morgan fingerprint density at radius 2 is 2.30 bits per heavy atom. The summed E-state index contributed by atoms with van der Waals surface area (Å²) in [7, 11) is 0. The highest BCUT2D eigenvalue weighted by Gasteiger charge is 2.11. The maximum absolute atomic E-state index is 10.00. The van der Waals surface area contributed by atoms with Crippen LogP contribution in [-0.4, -0.2) is 26.5 Å². The lowest BCUT2D eigenvalue weighted by atomic mass is 10.3. The van der Waals surface area contributed by atoms with E-state index in [0.717, 1.165) is 0 Å². The third-order valence-electron chi connectivity index (χ3n) is 0.855. The van der Waals surface area contributed by atoms with Gasteiger partial charge >= 0.3 is 5.97 Å². The molecule has 6 heteroatoms. The largest absolute Gasteiger partial charge is 0.490 e. The maximum Gasteiger partial charge on any atom is 0.309 e. The van der Waals surface area contributed by atoms with E-state index in [1.807, 2.05) is 0 Å². The molecule has 54 valence electrons. The molecular formula is C4H4N2O4. The molecule has 0 saturated carbocycles. The number of aromatic hydroxyl groups is 1. The van der Waals surface area contributed by atoms with Gasteiger partial charge in [0.1, 0.15) is 0 Å². The first-order valence-electron chi connectivity index (χ1n) is 2.42. The van der Waals surface area contributed by atoms with Crippen molar-refractivity contribution in [2.75, 3.05) is 0 Å². The molecule has 0 fully saturated rings. The summed E-state index contributed by atoms with van der Waals surface area (Å²) in [5, 5.41) is 23.0. The van der Waals surface area contributed by atoms with Gasteiger partial charge in [-0.25, -0.2) is 4.63 Å². The number of carboxylic acids is 1. The molecule has 1 rings (SSSR count). The van der Waals surface area contributed by atoms with Crippen LogP contribution in [0.15, 0.2) is 4.63 Å². The maximum atomic E-state index is 10.00. The van der Waals surface area contributed by atoms with Gasteiger partial charge in [-0.2, -0.15) is 0 Å². The molecule has 0 atom stereocenters. The van der Waals surface area contributed by atoms with Gasteiger partial charge in [0.2, 0.25) is 0 Å². The van der Waals surface area contributed by atoms with E-state index in [4.69, 9.17) is 10.2 Å². The zero-order valence-corrected chi connectivity index (χ0v) is 4.81. The normalized spacial score (nSPS) is 9.60. The lowest BCUT2D eigenvalue weighted by Gasteiger charge is -1.84. The molecule has 2 N–H and O–H groups in total. The number of carbonyl (C=O) groups is 1. The molecule has 0 aliphatic rings. The van der Waals surface area contributed by atoms with E-state index >= 15 is 0 Å². The van der Waals surface area contributed by atoms with Crippen LogP contribution in [0.25, 0.3) is 0 Å². The first-order valence-corrected chi connectivity index (χ1v) is 2.42. The van der Waals surface area contributed by atoms with Gasteiger partial charge in [-0.3, -0.25) is 4.79 Å². The summed E-state index contributed by atoms with van der Waals surface area (Å²) in [5.41, 5.74) is -0.0625. The van der Waals surface area contributed by atoms with Crippen molar-refractivity contribution in [1.29, 1.82) is 0 Å². The monoisotopic (exact) mass is 144 g/mol. The van der Waals surface area contributed by atoms with Gasteiger partial charge in [-0.1, -0.05) is 5.16 Å². The average Bonchev–Trinajstić information content (AvgIpc) is 2.15. The van der Waals surface area contributed by atoms with Crippen molar-refractivity contribution in [2.24, 2.45) is 0 Å². The van der Waals surface area contributed by atoms with Gasteiger partial charge in [0.25, 0.3) is 5.88 Å². The van der Waals surface area contributed by atoms with Crippen LogP contribution in [-0.2, 0) is 11.2 Å². The molecule has 0 aromatic carbocycles. The Kier molecular flexibility index (Phi) is 1.53. The third-order valence-corrected chi connectivity index (χ3v) is 0.855. The lowest BCUT2D eigenvalue weighted by Crippen LogP contribution is -2.00. The second-order valence-electron chi connectivity index (χ2n) is 1.61. The minimum Gasteiger partial charge on any atom is -0.490 e. The second kappa shape index (κ2) is 2.34. The smallest absolute Gasteiger partial charge is 0.309 e. The molecule has 1 aromatic rings. The Balaban J connectivity index is 2.74. The zero-order chi connectivity index (χ0) is 7.56.